The highest BCUT2D eigenvalue weighted by atomic mass is 35.5. The molecule has 0 unspecified atom stereocenters. The lowest BCUT2D eigenvalue weighted by atomic mass is 9.89. The molecule has 9 heteroatoms. The predicted octanol–water partition coefficient (Wildman–Crippen LogP) is 4.58. The van der Waals surface area contributed by atoms with E-state index < -0.39 is 5.54 Å². The molecular formula is C25H27ClN6O2. The summed E-state index contributed by atoms with van der Waals surface area (Å²) in [5.74, 6) is 0.559. The van der Waals surface area contributed by atoms with Crippen LogP contribution in [0.5, 0.6) is 0 Å². The van der Waals surface area contributed by atoms with Crippen LogP contribution in [0.4, 0.5) is 23.1 Å². The van der Waals surface area contributed by atoms with Crippen molar-refractivity contribution in [3.8, 4) is 0 Å². The molecule has 0 spiro atoms. The summed E-state index contributed by atoms with van der Waals surface area (Å²) in [6.45, 7) is 5.90. The SMILES string of the molecule is CNC(=O)c1cccc(C)c1Nc1nc(Nc2ccc3c(c2)CCC(=O)NC3(C)C)ncc1Cl. The van der Waals surface area contributed by atoms with Gasteiger partial charge >= 0.3 is 0 Å². The van der Waals surface area contributed by atoms with Gasteiger partial charge in [-0.2, -0.15) is 4.98 Å². The van der Waals surface area contributed by atoms with E-state index in [-0.39, 0.29) is 11.8 Å². The van der Waals surface area contributed by atoms with Gasteiger partial charge in [-0.3, -0.25) is 9.59 Å². The van der Waals surface area contributed by atoms with Crippen LogP contribution in [-0.4, -0.2) is 28.8 Å². The van der Waals surface area contributed by atoms with Gasteiger partial charge in [0.05, 0.1) is 23.0 Å². The number of amides is 2. The molecule has 3 aromatic rings. The second kappa shape index (κ2) is 9.30. The molecule has 0 fully saturated rings. The molecule has 2 heterocycles. The maximum atomic E-state index is 12.3. The number of aryl methyl sites for hydroxylation is 2. The summed E-state index contributed by atoms with van der Waals surface area (Å²) in [4.78, 5) is 33.2. The minimum absolute atomic E-state index is 0.0415. The first-order chi connectivity index (χ1) is 16.2. The Bertz CT molecular complexity index is 1270. The molecule has 0 saturated carbocycles. The van der Waals surface area contributed by atoms with E-state index in [0.29, 0.717) is 40.9 Å². The van der Waals surface area contributed by atoms with Gasteiger partial charge < -0.3 is 21.3 Å². The smallest absolute Gasteiger partial charge is 0.253 e. The molecule has 2 amide bonds. The number of carbonyl (C=O) groups is 2. The average Bonchev–Trinajstić information content (AvgIpc) is 2.91. The van der Waals surface area contributed by atoms with E-state index in [4.69, 9.17) is 11.6 Å². The Morgan fingerprint density at radius 3 is 2.71 bits per heavy atom. The third kappa shape index (κ3) is 4.82. The zero-order valence-corrected chi connectivity index (χ0v) is 20.3. The number of fused-ring (bicyclic) bond motifs is 1. The van der Waals surface area contributed by atoms with Crippen LogP contribution in [0.15, 0.2) is 42.6 Å². The molecule has 2 aromatic carbocycles. The summed E-state index contributed by atoms with van der Waals surface area (Å²) in [5.41, 5.74) is 4.54. The van der Waals surface area contributed by atoms with Crippen molar-refractivity contribution >= 4 is 46.6 Å². The third-order valence-electron chi connectivity index (χ3n) is 5.84. The lowest BCUT2D eigenvalue weighted by Gasteiger charge is -2.27. The molecule has 0 atom stereocenters. The summed E-state index contributed by atoms with van der Waals surface area (Å²) < 4.78 is 0. The van der Waals surface area contributed by atoms with Crippen molar-refractivity contribution in [2.24, 2.45) is 0 Å². The highest BCUT2D eigenvalue weighted by Crippen LogP contribution is 2.32. The Balaban J connectivity index is 1.62. The summed E-state index contributed by atoms with van der Waals surface area (Å²) in [5, 5.41) is 12.5. The molecule has 1 aliphatic rings. The van der Waals surface area contributed by atoms with E-state index in [1.165, 1.54) is 6.20 Å². The van der Waals surface area contributed by atoms with E-state index in [0.717, 1.165) is 22.4 Å². The van der Waals surface area contributed by atoms with Gasteiger partial charge in [0.25, 0.3) is 5.91 Å². The molecule has 34 heavy (non-hydrogen) atoms. The minimum Gasteiger partial charge on any atom is -0.355 e. The van der Waals surface area contributed by atoms with Gasteiger partial charge in [-0.05, 0) is 62.1 Å². The summed E-state index contributed by atoms with van der Waals surface area (Å²) in [6.07, 6.45) is 2.60. The molecule has 0 saturated heterocycles. The van der Waals surface area contributed by atoms with Gasteiger partial charge in [-0.25, -0.2) is 4.98 Å². The molecule has 4 N–H and O–H groups in total. The Hall–Kier alpha value is -3.65. The maximum absolute atomic E-state index is 12.3. The van der Waals surface area contributed by atoms with Crippen LogP contribution < -0.4 is 21.3 Å². The monoisotopic (exact) mass is 478 g/mol. The quantitative estimate of drug-likeness (QED) is 0.427. The number of carbonyl (C=O) groups excluding carboxylic acids is 2. The van der Waals surface area contributed by atoms with Crippen molar-refractivity contribution in [3.63, 3.8) is 0 Å². The minimum atomic E-state index is -0.439. The normalized spacial score (nSPS) is 14.4. The number of rotatable bonds is 5. The first-order valence-corrected chi connectivity index (χ1v) is 11.4. The van der Waals surface area contributed by atoms with Gasteiger partial charge in [0.15, 0.2) is 5.82 Å². The summed E-state index contributed by atoms with van der Waals surface area (Å²) in [7, 11) is 1.59. The van der Waals surface area contributed by atoms with Crippen molar-refractivity contribution in [1.29, 1.82) is 0 Å². The highest BCUT2D eigenvalue weighted by Gasteiger charge is 2.28. The number of aromatic nitrogens is 2. The molecule has 1 aliphatic heterocycles. The van der Waals surface area contributed by atoms with Crippen molar-refractivity contribution in [1.82, 2.24) is 20.6 Å². The zero-order valence-electron chi connectivity index (χ0n) is 19.5. The van der Waals surface area contributed by atoms with Crippen molar-refractivity contribution in [2.45, 2.75) is 39.2 Å². The third-order valence-corrected chi connectivity index (χ3v) is 6.12. The number of halogens is 1. The Labute approximate surface area is 203 Å². The van der Waals surface area contributed by atoms with Crippen LogP contribution in [0.1, 0.15) is 47.3 Å². The van der Waals surface area contributed by atoms with Crippen LogP contribution in [-0.2, 0) is 16.8 Å². The standard InChI is InChI=1S/C25H27ClN6O2/c1-14-6-5-7-17(23(34)27-4)21(14)30-22-19(26)13-28-24(31-22)29-16-9-10-18-15(12-16)8-11-20(33)32-25(18,2)3/h5-7,9-10,12-13H,8,11H2,1-4H3,(H,27,34)(H,32,33)(H2,28,29,30,31). The zero-order chi connectivity index (χ0) is 24.5. The highest BCUT2D eigenvalue weighted by molar-refractivity contribution is 6.33. The molecular weight excluding hydrogens is 452 g/mol. The number of anilines is 4. The lowest BCUT2D eigenvalue weighted by Crippen LogP contribution is -2.39. The van der Waals surface area contributed by atoms with Crippen LogP contribution in [0, 0.1) is 6.92 Å². The van der Waals surface area contributed by atoms with Crippen molar-refractivity contribution in [3.05, 3.63) is 69.9 Å². The van der Waals surface area contributed by atoms with Crippen LogP contribution in [0.25, 0.3) is 0 Å². The fourth-order valence-corrected chi connectivity index (χ4v) is 4.27. The van der Waals surface area contributed by atoms with E-state index in [1.54, 1.807) is 13.1 Å². The number of hydrogen-bond acceptors (Lipinski definition) is 6. The van der Waals surface area contributed by atoms with Crippen molar-refractivity contribution in [2.75, 3.05) is 17.7 Å². The number of hydrogen-bond donors (Lipinski definition) is 4. The van der Waals surface area contributed by atoms with Gasteiger partial charge in [0.1, 0.15) is 5.02 Å². The molecule has 0 radical (unpaired) electrons. The van der Waals surface area contributed by atoms with E-state index in [2.05, 4.69) is 31.2 Å². The van der Waals surface area contributed by atoms with Gasteiger partial charge in [0, 0.05) is 19.2 Å². The van der Waals surface area contributed by atoms with E-state index in [1.807, 2.05) is 51.1 Å². The Kier molecular flexibility index (Phi) is 6.43. The predicted molar refractivity (Wildman–Crippen MR) is 134 cm³/mol. The average molecular weight is 479 g/mol. The molecule has 0 aliphatic carbocycles. The summed E-state index contributed by atoms with van der Waals surface area (Å²) >= 11 is 6.37. The summed E-state index contributed by atoms with van der Waals surface area (Å²) in [6, 6.07) is 11.4. The van der Waals surface area contributed by atoms with Crippen LogP contribution in [0.3, 0.4) is 0 Å². The first-order valence-electron chi connectivity index (χ1n) is 11.0. The van der Waals surface area contributed by atoms with Crippen molar-refractivity contribution < 1.29 is 9.59 Å². The Morgan fingerprint density at radius 1 is 1.15 bits per heavy atom. The second-order valence-corrected chi connectivity index (χ2v) is 9.17. The number of nitrogens with one attached hydrogen (secondary N) is 4. The van der Waals surface area contributed by atoms with Crippen LogP contribution >= 0.6 is 11.6 Å². The lowest BCUT2D eigenvalue weighted by molar-refractivity contribution is -0.122. The molecule has 0 bridgehead atoms. The molecule has 8 nitrogen and oxygen atoms in total. The van der Waals surface area contributed by atoms with Gasteiger partial charge in [-0.1, -0.05) is 29.8 Å². The maximum Gasteiger partial charge on any atom is 0.253 e. The van der Waals surface area contributed by atoms with Gasteiger partial charge in [0.2, 0.25) is 11.9 Å². The molecule has 4 rings (SSSR count). The number of nitrogens with zero attached hydrogens (tertiary/aromatic N) is 2. The topological polar surface area (TPSA) is 108 Å². The first kappa shape index (κ1) is 23.5. The van der Waals surface area contributed by atoms with E-state index in [9.17, 15) is 9.59 Å². The molecule has 176 valence electrons. The largest absolute Gasteiger partial charge is 0.355 e. The molecule has 1 aromatic heterocycles. The van der Waals surface area contributed by atoms with Gasteiger partial charge in [-0.15, -0.1) is 0 Å². The van der Waals surface area contributed by atoms with E-state index >= 15 is 0 Å². The second-order valence-electron chi connectivity index (χ2n) is 8.76. The fourth-order valence-electron chi connectivity index (χ4n) is 4.13. The van der Waals surface area contributed by atoms with Crippen LogP contribution in [0.2, 0.25) is 5.02 Å². The Morgan fingerprint density at radius 2 is 1.94 bits per heavy atom. The number of para-hydroxylation sites is 1. The number of benzene rings is 2. The fraction of sp³-hybridized carbons (Fsp3) is 0.280.